The van der Waals surface area contributed by atoms with Crippen LogP contribution in [-0.2, 0) is 6.54 Å². The molecule has 1 aromatic heterocycles. The van der Waals surface area contributed by atoms with E-state index < -0.39 is 0 Å². The molecule has 0 aliphatic carbocycles. The molecular weight excluding hydrogens is 302 g/mol. The van der Waals surface area contributed by atoms with Crippen LogP contribution in [-0.4, -0.2) is 11.2 Å². The quantitative estimate of drug-likeness (QED) is 0.676. The van der Waals surface area contributed by atoms with Gasteiger partial charge >= 0.3 is 5.76 Å². The van der Waals surface area contributed by atoms with Crippen molar-refractivity contribution < 1.29 is 9.15 Å². The number of fused-ring (bicyclic) bond motifs is 1. The lowest BCUT2D eigenvalue weighted by Crippen LogP contribution is -2.14. The topological polar surface area (TPSA) is 44.4 Å². The van der Waals surface area contributed by atoms with Crippen molar-refractivity contribution in [2.75, 3.05) is 6.61 Å². The minimum atomic E-state index is -0.326. The summed E-state index contributed by atoms with van der Waals surface area (Å²) in [5.41, 5.74) is 3.60. The summed E-state index contributed by atoms with van der Waals surface area (Å²) in [5, 5.41) is 0. The lowest BCUT2D eigenvalue weighted by atomic mass is 10.1. The fraction of sp³-hybridized carbons (Fsp3) is 0.350. The zero-order valence-electron chi connectivity index (χ0n) is 14.4. The van der Waals surface area contributed by atoms with Crippen LogP contribution in [0, 0.1) is 12.8 Å². The lowest BCUT2D eigenvalue weighted by Gasteiger charge is -2.09. The number of benzene rings is 2. The summed E-state index contributed by atoms with van der Waals surface area (Å²) in [6.07, 6.45) is 1.04. The molecule has 0 spiro atoms. The first-order chi connectivity index (χ1) is 11.5. The van der Waals surface area contributed by atoms with Gasteiger partial charge < -0.3 is 9.15 Å². The summed E-state index contributed by atoms with van der Waals surface area (Å²) in [6.45, 7) is 7.58. The van der Waals surface area contributed by atoms with Gasteiger partial charge in [-0.05, 0) is 54.7 Å². The van der Waals surface area contributed by atoms with Crippen LogP contribution < -0.4 is 10.5 Å². The molecule has 0 amide bonds. The molecule has 0 atom stereocenters. The van der Waals surface area contributed by atoms with Crippen LogP contribution in [0.25, 0.3) is 11.1 Å². The van der Waals surface area contributed by atoms with Gasteiger partial charge in [0.25, 0.3) is 0 Å². The summed E-state index contributed by atoms with van der Waals surface area (Å²) in [5.74, 6) is 1.17. The molecular formula is C20H23NO3. The Morgan fingerprint density at radius 3 is 2.58 bits per heavy atom. The molecule has 0 aliphatic heterocycles. The maximum absolute atomic E-state index is 12.1. The third kappa shape index (κ3) is 3.70. The molecule has 0 saturated heterocycles. The van der Waals surface area contributed by atoms with Crippen molar-refractivity contribution in [3.8, 4) is 5.75 Å². The lowest BCUT2D eigenvalue weighted by molar-refractivity contribution is 0.289. The first kappa shape index (κ1) is 16.4. The van der Waals surface area contributed by atoms with Gasteiger partial charge in [-0.3, -0.25) is 4.57 Å². The van der Waals surface area contributed by atoms with Crippen molar-refractivity contribution >= 4 is 11.1 Å². The zero-order chi connectivity index (χ0) is 17.1. The number of aryl methyl sites for hydroxylation is 1. The Morgan fingerprint density at radius 2 is 1.88 bits per heavy atom. The zero-order valence-corrected chi connectivity index (χ0v) is 14.4. The fourth-order valence-corrected chi connectivity index (χ4v) is 2.61. The maximum atomic E-state index is 12.1. The predicted molar refractivity (Wildman–Crippen MR) is 95.7 cm³/mol. The highest BCUT2D eigenvalue weighted by molar-refractivity contribution is 5.73. The Kier molecular flexibility index (Phi) is 4.74. The van der Waals surface area contributed by atoms with E-state index in [1.807, 2.05) is 49.4 Å². The van der Waals surface area contributed by atoms with Gasteiger partial charge in [-0.15, -0.1) is 0 Å². The van der Waals surface area contributed by atoms with Crippen molar-refractivity contribution in [1.29, 1.82) is 0 Å². The predicted octanol–water partition coefficient (Wildman–Crippen LogP) is 4.38. The first-order valence-electron chi connectivity index (χ1n) is 8.34. The Bertz CT molecular complexity index is 872. The van der Waals surface area contributed by atoms with E-state index in [1.165, 1.54) is 0 Å². The van der Waals surface area contributed by atoms with E-state index in [9.17, 15) is 4.79 Å². The summed E-state index contributed by atoms with van der Waals surface area (Å²) in [6, 6.07) is 13.6. The van der Waals surface area contributed by atoms with E-state index in [0.717, 1.165) is 35.4 Å². The van der Waals surface area contributed by atoms with E-state index >= 15 is 0 Å². The van der Waals surface area contributed by atoms with E-state index in [0.29, 0.717) is 18.0 Å². The second-order valence-corrected chi connectivity index (χ2v) is 6.60. The Morgan fingerprint density at radius 1 is 1.12 bits per heavy atom. The third-order valence-electron chi connectivity index (χ3n) is 4.05. The van der Waals surface area contributed by atoms with Gasteiger partial charge in [0.2, 0.25) is 0 Å². The number of nitrogens with zero attached hydrogens (tertiary/aromatic N) is 1. The number of ether oxygens (including phenoxy) is 1. The molecule has 2 aromatic carbocycles. The summed E-state index contributed by atoms with van der Waals surface area (Å²) in [4.78, 5) is 12.1. The number of hydrogen-bond acceptors (Lipinski definition) is 3. The minimum absolute atomic E-state index is 0.326. The smallest absolute Gasteiger partial charge is 0.420 e. The van der Waals surface area contributed by atoms with Gasteiger partial charge in [0.05, 0.1) is 18.7 Å². The molecule has 126 valence electrons. The first-order valence-corrected chi connectivity index (χ1v) is 8.34. The van der Waals surface area contributed by atoms with Crippen LogP contribution in [0.5, 0.6) is 5.75 Å². The van der Waals surface area contributed by atoms with E-state index in [1.54, 1.807) is 4.57 Å². The van der Waals surface area contributed by atoms with Crippen LogP contribution in [0.2, 0.25) is 0 Å². The summed E-state index contributed by atoms with van der Waals surface area (Å²) < 4.78 is 12.7. The molecule has 0 bridgehead atoms. The highest BCUT2D eigenvalue weighted by Crippen LogP contribution is 2.18. The molecule has 1 heterocycles. The Hall–Kier alpha value is -2.49. The van der Waals surface area contributed by atoms with Crippen LogP contribution in [0.4, 0.5) is 0 Å². The van der Waals surface area contributed by atoms with Gasteiger partial charge in [-0.1, -0.05) is 32.0 Å². The molecule has 0 fully saturated rings. The maximum Gasteiger partial charge on any atom is 0.420 e. The average Bonchev–Trinajstić information content (AvgIpc) is 2.84. The second-order valence-electron chi connectivity index (χ2n) is 6.60. The van der Waals surface area contributed by atoms with Crippen LogP contribution in [0.15, 0.2) is 51.7 Å². The normalized spacial score (nSPS) is 11.3. The Balaban J connectivity index is 1.76. The van der Waals surface area contributed by atoms with Crippen LogP contribution in [0.1, 0.15) is 31.4 Å². The van der Waals surface area contributed by atoms with Crippen LogP contribution >= 0.6 is 0 Å². The van der Waals surface area contributed by atoms with Gasteiger partial charge in [0, 0.05) is 0 Å². The largest absolute Gasteiger partial charge is 0.494 e. The van der Waals surface area contributed by atoms with E-state index in [2.05, 4.69) is 13.8 Å². The molecule has 3 aromatic rings. The van der Waals surface area contributed by atoms with Crippen molar-refractivity contribution in [2.45, 2.75) is 33.7 Å². The van der Waals surface area contributed by atoms with Gasteiger partial charge in [-0.25, -0.2) is 4.79 Å². The molecule has 4 heteroatoms. The van der Waals surface area contributed by atoms with Gasteiger partial charge in [-0.2, -0.15) is 0 Å². The van der Waals surface area contributed by atoms with E-state index in [-0.39, 0.29) is 5.76 Å². The molecule has 0 unspecified atom stereocenters. The Labute approximate surface area is 141 Å². The van der Waals surface area contributed by atoms with Crippen LogP contribution in [0.3, 0.4) is 0 Å². The number of aromatic nitrogens is 1. The fourth-order valence-electron chi connectivity index (χ4n) is 2.61. The molecule has 24 heavy (non-hydrogen) atoms. The minimum Gasteiger partial charge on any atom is -0.494 e. The number of rotatable bonds is 6. The molecule has 4 nitrogen and oxygen atoms in total. The van der Waals surface area contributed by atoms with Crippen molar-refractivity contribution in [2.24, 2.45) is 5.92 Å². The number of oxazole rings is 1. The van der Waals surface area contributed by atoms with E-state index in [4.69, 9.17) is 9.15 Å². The SMILES string of the molecule is Cc1ccc2oc(=O)n(Cc3ccc(OCCC(C)C)cc3)c2c1. The number of hydrogen-bond donors (Lipinski definition) is 0. The molecule has 0 N–H and O–H groups in total. The second kappa shape index (κ2) is 6.95. The summed E-state index contributed by atoms with van der Waals surface area (Å²) >= 11 is 0. The van der Waals surface area contributed by atoms with Crippen molar-refractivity contribution in [3.63, 3.8) is 0 Å². The third-order valence-corrected chi connectivity index (χ3v) is 4.05. The van der Waals surface area contributed by atoms with Crippen molar-refractivity contribution in [1.82, 2.24) is 4.57 Å². The van der Waals surface area contributed by atoms with Gasteiger partial charge in [0.1, 0.15) is 5.75 Å². The average molecular weight is 325 g/mol. The summed E-state index contributed by atoms with van der Waals surface area (Å²) in [7, 11) is 0. The monoisotopic (exact) mass is 325 g/mol. The highest BCUT2D eigenvalue weighted by Gasteiger charge is 2.10. The standard InChI is InChI=1S/C20H23NO3/c1-14(2)10-11-23-17-7-5-16(6-8-17)13-21-18-12-15(3)4-9-19(18)24-20(21)22/h4-9,12,14H,10-11,13H2,1-3H3. The molecule has 0 aliphatic rings. The molecule has 0 saturated carbocycles. The molecule has 0 radical (unpaired) electrons. The van der Waals surface area contributed by atoms with Gasteiger partial charge in [0.15, 0.2) is 5.58 Å². The highest BCUT2D eigenvalue weighted by atomic mass is 16.5. The van der Waals surface area contributed by atoms with Crippen molar-refractivity contribution in [3.05, 3.63) is 64.1 Å². The molecule has 3 rings (SSSR count).